The van der Waals surface area contributed by atoms with Gasteiger partial charge >= 0.3 is 0 Å². The van der Waals surface area contributed by atoms with Gasteiger partial charge in [-0.1, -0.05) is 6.92 Å². The van der Waals surface area contributed by atoms with E-state index in [1.807, 2.05) is 25.0 Å². The molecule has 1 heterocycles. The van der Waals surface area contributed by atoms with Crippen LogP contribution in [0.2, 0.25) is 0 Å². The summed E-state index contributed by atoms with van der Waals surface area (Å²) in [5, 5.41) is 7.83. The van der Waals surface area contributed by atoms with Crippen LogP contribution in [-0.2, 0) is 12.8 Å². The van der Waals surface area contributed by atoms with E-state index in [1.165, 1.54) is 15.6 Å². The Kier molecular flexibility index (Phi) is 8.66. The summed E-state index contributed by atoms with van der Waals surface area (Å²) < 4.78 is 0. The van der Waals surface area contributed by atoms with Gasteiger partial charge in [0.05, 0.1) is 5.01 Å². The second kappa shape index (κ2) is 10.1. The molecule has 6 heteroatoms. The molecule has 0 aliphatic rings. The summed E-state index contributed by atoms with van der Waals surface area (Å²) in [7, 11) is 1.81. The lowest BCUT2D eigenvalue weighted by Crippen LogP contribution is -2.38. The Bertz CT molecular complexity index is 376. The maximum atomic E-state index is 4.41. The quantitative estimate of drug-likeness (QED) is 0.439. The van der Waals surface area contributed by atoms with E-state index in [9.17, 15) is 0 Å². The molecule has 2 N–H and O–H groups in total. The van der Waals surface area contributed by atoms with E-state index >= 15 is 0 Å². The lowest BCUT2D eigenvalue weighted by atomic mass is 10.4. The van der Waals surface area contributed by atoms with E-state index in [-0.39, 0.29) is 0 Å². The van der Waals surface area contributed by atoms with Crippen LogP contribution in [0.1, 0.15) is 23.2 Å². The van der Waals surface area contributed by atoms with Gasteiger partial charge in [-0.05, 0) is 24.9 Å². The molecule has 0 bridgehead atoms. The van der Waals surface area contributed by atoms with Crippen LogP contribution in [0.25, 0.3) is 0 Å². The standard InChI is InChI=1S/C13H24N4S2/c1-4-11-10-17-12(19-11)6-8-16-13(14-2)15-7-5-9-18-3/h10H,4-9H2,1-3H3,(H2,14,15,16). The van der Waals surface area contributed by atoms with E-state index in [0.717, 1.165) is 38.3 Å². The lowest BCUT2D eigenvalue weighted by Gasteiger charge is -2.10. The highest BCUT2D eigenvalue weighted by Gasteiger charge is 2.01. The third-order valence-electron chi connectivity index (χ3n) is 2.62. The summed E-state index contributed by atoms with van der Waals surface area (Å²) in [5.74, 6) is 2.07. The molecular weight excluding hydrogens is 276 g/mol. The zero-order valence-electron chi connectivity index (χ0n) is 12.0. The predicted molar refractivity (Wildman–Crippen MR) is 87.6 cm³/mol. The van der Waals surface area contributed by atoms with Gasteiger partial charge in [-0.25, -0.2) is 4.98 Å². The van der Waals surface area contributed by atoms with E-state index in [1.54, 1.807) is 11.3 Å². The van der Waals surface area contributed by atoms with Crippen LogP contribution in [0.4, 0.5) is 0 Å². The molecule has 0 unspecified atom stereocenters. The average Bonchev–Trinajstić information content (AvgIpc) is 2.89. The monoisotopic (exact) mass is 300 g/mol. The van der Waals surface area contributed by atoms with Gasteiger partial charge in [-0.15, -0.1) is 11.3 Å². The van der Waals surface area contributed by atoms with E-state index in [2.05, 4.69) is 33.8 Å². The van der Waals surface area contributed by atoms with Crippen LogP contribution in [0.15, 0.2) is 11.2 Å². The summed E-state index contributed by atoms with van der Waals surface area (Å²) in [4.78, 5) is 9.98. The number of nitrogens with zero attached hydrogens (tertiary/aromatic N) is 2. The minimum absolute atomic E-state index is 0.874. The third kappa shape index (κ3) is 6.82. The summed E-state index contributed by atoms with van der Waals surface area (Å²) >= 11 is 3.68. The van der Waals surface area contributed by atoms with E-state index in [0.29, 0.717) is 0 Å². The van der Waals surface area contributed by atoms with Crippen molar-refractivity contribution in [3.63, 3.8) is 0 Å². The third-order valence-corrected chi connectivity index (χ3v) is 4.52. The van der Waals surface area contributed by atoms with Crippen LogP contribution in [-0.4, -0.2) is 43.1 Å². The van der Waals surface area contributed by atoms with Gasteiger partial charge in [-0.2, -0.15) is 11.8 Å². The molecule has 1 aromatic heterocycles. The van der Waals surface area contributed by atoms with Crippen molar-refractivity contribution in [1.82, 2.24) is 15.6 Å². The first-order valence-corrected chi connectivity index (χ1v) is 8.88. The SMILES string of the molecule is CCc1cnc(CCNC(=NC)NCCCSC)s1. The zero-order valence-corrected chi connectivity index (χ0v) is 13.7. The molecule has 0 saturated carbocycles. The first kappa shape index (κ1) is 16.3. The maximum absolute atomic E-state index is 4.41. The number of hydrogen-bond donors (Lipinski definition) is 2. The summed E-state index contributed by atoms with van der Waals surface area (Å²) in [6.07, 6.45) is 7.30. The average molecular weight is 300 g/mol. The van der Waals surface area contributed by atoms with E-state index in [4.69, 9.17) is 0 Å². The van der Waals surface area contributed by atoms with Crippen LogP contribution >= 0.6 is 23.1 Å². The van der Waals surface area contributed by atoms with Crippen molar-refractivity contribution in [2.24, 2.45) is 4.99 Å². The Balaban J connectivity index is 2.18. The molecule has 0 fully saturated rings. The number of thioether (sulfide) groups is 1. The predicted octanol–water partition coefficient (Wildman–Crippen LogP) is 2.17. The molecule has 0 radical (unpaired) electrons. The van der Waals surface area contributed by atoms with Gasteiger partial charge in [0, 0.05) is 37.6 Å². The van der Waals surface area contributed by atoms with Crippen molar-refractivity contribution in [3.05, 3.63) is 16.1 Å². The topological polar surface area (TPSA) is 49.3 Å². The summed E-state index contributed by atoms with van der Waals surface area (Å²) in [6, 6.07) is 0. The second-order valence-corrected chi connectivity index (χ2v) is 6.28. The molecule has 0 spiro atoms. The Hall–Kier alpha value is -0.750. The fourth-order valence-corrected chi connectivity index (χ4v) is 2.85. The van der Waals surface area contributed by atoms with Crippen molar-refractivity contribution in [3.8, 4) is 0 Å². The fourth-order valence-electron chi connectivity index (χ4n) is 1.56. The number of aryl methyl sites for hydroxylation is 1. The highest BCUT2D eigenvalue weighted by Crippen LogP contribution is 2.13. The maximum Gasteiger partial charge on any atom is 0.190 e. The van der Waals surface area contributed by atoms with Gasteiger partial charge in [0.15, 0.2) is 5.96 Å². The molecule has 0 aromatic carbocycles. The number of hydrogen-bond acceptors (Lipinski definition) is 4. The second-order valence-electron chi connectivity index (χ2n) is 4.10. The number of rotatable bonds is 8. The van der Waals surface area contributed by atoms with Gasteiger partial charge in [0.2, 0.25) is 0 Å². The normalized spacial score (nSPS) is 11.6. The lowest BCUT2D eigenvalue weighted by molar-refractivity contribution is 0.775. The van der Waals surface area contributed by atoms with Crippen molar-refractivity contribution in [1.29, 1.82) is 0 Å². The highest BCUT2D eigenvalue weighted by atomic mass is 32.2. The highest BCUT2D eigenvalue weighted by molar-refractivity contribution is 7.98. The fraction of sp³-hybridized carbons (Fsp3) is 0.692. The molecule has 0 aliphatic heterocycles. The smallest absolute Gasteiger partial charge is 0.190 e. The first-order valence-electron chi connectivity index (χ1n) is 6.67. The molecule has 0 atom stereocenters. The number of thiazole rings is 1. The Labute approximate surface area is 124 Å². The van der Waals surface area contributed by atoms with Crippen molar-refractivity contribution >= 4 is 29.1 Å². The number of guanidine groups is 1. The molecule has 1 aromatic rings. The first-order chi connectivity index (χ1) is 9.30. The van der Waals surface area contributed by atoms with Crippen molar-refractivity contribution < 1.29 is 0 Å². The zero-order chi connectivity index (χ0) is 13.9. The molecule has 108 valence electrons. The van der Waals surface area contributed by atoms with Crippen LogP contribution in [0, 0.1) is 0 Å². The van der Waals surface area contributed by atoms with Crippen LogP contribution in [0.5, 0.6) is 0 Å². The largest absolute Gasteiger partial charge is 0.356 e. The Morgan fingerprint density at radius 1 is 1.42 bits per heavy atom. The van der Waals surface area contributed by atoms with Gasteiger partial charge < -0.3 is 10.6 Å². The molecular formula is C13H24N4S2. The molecule has 0 aliphatic carbocycles. The minimum Gasteiger partial charge on any atom is -0.356 e. The number of aliphatic imine (C=N–C) groups is 1. The van der Waals surface area contributed by atoms with Gasteiger partial charge in [0.25, 0.3) is 0 Å². The van der Waals surface area contributed by atoms with E-state index < -0.39 is 0 Å². The molecule has 19 heavy (non-hydrogen) atoms. The summed E-state index contributed by atoms with van der Waals surface area (Å²) in [5.41, 5.74) is 0. The molecule has 0 amide bonds. The Morgan fingerprint density at radius 2 is 2.21 bits per heavy atom. The van der Waals surface area contributed by atoms with Crippen molar-refractivity contribution in [2.75, 3.05) is 32.1 Å². The number of nitrogens with one attached hydrogen (secondary N) is 2. The molecule has 1 rings (SSSR count). The van der Waals surface area contributed by atoms with Crippen molar-refractivity contribution in [2.45, 2.75) is 26.2 Å². The molecule has 4 nitrogen and oxygen atoms in total. The van der Waals surface area contributed by atoms with Gasteiger partial charge in [0.1, 0.15) is 0 Å². The minimum atomic E-state index is 0.874. The Morgan fingerprint density at radius 3 is 2.84 bits per heavy atom. The molecule has 0 saturated heterocycles. The van der Waals surface area contributed by atoms with Gasteiger partial charge in [-0.3, -0.25) is 4.99 Å². The van der Waals surface area contributed by atoms with Crippen LogP contribution in [0.3, 0.4) is 0 Å². The van der Waals surface area contributed by atoms with Crippen LogP contribution < -0.4 is 10.6 Å². The number of aromatic nitrogens is 1. The summed E-state index contributed by atoms with van der Waals surface area (Å²) in [6.45, 7) is 4.01.